The van der Waals surface area contributed by atoms with Gasteiger partial charge in [-0.2, -0.15) is 0 Å². The van der Waals surface area contributed by atoms with E-state index in [9.17, 15) is 4.79 Å². The molecule has 0 saturated carbocycles. The van der Waals surface area contributed by atoms with E-state index in [1.165, 1.54) is 0 Å². The van der Waals surface area contributed by atoms with Crippen molar-refractivity contribution in [3.63, 3.8) is 0 Å². The molecule has 0 unspecified atom stereocenters. The third kappa shape index (κ3) is 3.91. The Kier molecular flexibility index (Phi) is 4.63. The van der Waals surface area contributed by atoms with Crippen LogP contribution < -0.4 is 4.90 Å². The highest BCUT2D eigenvalue weighted by Crippen LogP contribution is 2.21. The van der Waals surface area contributed by atoms with Crippen LogP contribution in [0.25, 0.3) is 0 Å². The molecule has 1 saturated heterocycles. The summed E-state index contributed by atoms with van der Waals surface area (Å²) in [6.07, 6.45) is 0. The van der Waals surface area contributed by atoms with Crippen LogP contribution in [-0.2, 0) is 4.79 Å². The molecule has 0 atom stereocenters. The van der Waals surface area contributed by atoms with Crippen LogP contribution in [-0.4, -0.2) is 42.0 Å². The summed E-state index contributed by atoms with van der Waals surface area (Å²) in [6, 6.07) is 7.89. The van der Waals surface area contributed by atoms with E-state index in [-0.39, 0.29) is 5.91 Å². The van der Waals surface area contributed by atoms with Crippen LogP contribution in [0.4, 0.5) is 5.13 Å². The number of rotatable bonds is 1. The van der Waals surface area contributed by atoms with Gasteiger partial charge in [0.2, 0.25) is 0 Å². The zero-order valence-electron chi connectivity index (χ0n) is 13.4. The number of nitrogens with zero attached hydrogens (tertiary/aromatic N) is 3. The number of thiazole rings is 1. The topological polar surface area (TPSA) is 36.4 Å². The summed E-state index contributed by atoms with van der Waals surface area (Å²) in [5.41, 5.74) is 3.08. The van der Waals surface area contributed by atoms with Gasteiger partial charge in [0.05, 0.1) is 5.69 Å². The Balaban J connectivity index is 1.58. The van der Waals surface area contributed by atoms with E-state index in [1.54, 1.807) is 11.3 Å². The molecule has 2 heterocycles. The number of hydrogen-bond donors (Lipinski definition) is 0. The third-order valence-corrected chi connectivity index (χ3v) is 4.80. The van der Waals surface area contributed by atoms with Gasteiger partial charge in [0.25, 0.3) is 5.91 Å². The lowest BCUT2D eigenvalue weighted by Gasteiger charge is -2.33. The molecule has 2 aromatic rings. The van der Waals surface area contributed by atoms with E-state index in [1.807, 2.05) is 43.0 Å². The molecule has 0 spiro atoms. The van der Waals surface area contributed by atoms with Crippen LogP contribution in [0.5, 0.6) is 0 Å². The van der Waals surface area contributed by atoms with Gasteiger partial charge >= 0.3 is 0 Å². The molecule has 1 aromatic heterocycles. The van der Waals surface area contributed by atoms with Crippen LogP contribution in [0.15, 0.2) is 29.6 Å². The quantitative estimate of drug-likeness (QED) is 0.756. The first kappa shape index (κ1) is 15.6. The minimum absolute atomic E-state index is 0.0959. The van der Waals surface area contributed by atoms with E-state index in [2.05, 4.69) is 27.1 Å². The van der Waals surface area contributed by atoms with E-state index in [0.29, 0.717) is 13.1 Å². The molecule has 0 bridgehead atoms. The largest absolute Gasteiger partial charge is 0.345 e. The molecule has 1 aromatic carbocycles. The molecule has 4 nitrogen and oxygen atoms in total. The SMILES string of the molecule is Cc1cccc(C#CC(=O)N2CCN(c3nc(C)cs3)CC2)c1. The zero-order chi connectivity index (χ0) is 16.2. The summed E-state index contributed by atoms with van der Waals surface area (Å²) < 4.78 is 0. The van der Waals surface area contributed by atoms with Gasteiger partial charge in [-0.1, -0.05) is 18.1 Å². The molecular formula is C18H19N3OS. The van der Waals surface area contributed by atoms with E-state index < -0.39 is 0 Å². The van der Waals surface area contributed by atoms with Crippen molar-refractivity contribution in [1.29, 1.82) is 0 Å². The minimum Gasteiger partial charge on any atom is -0.345 e. The Labute approximate surface area is 140 Å². The number of aromatic nitrogens is 1. The van der Waals surface area contributed by atoms with Crippen molar-refractivity contribution >= 4 is 22.4 Å². The van der Waals surface area contributed by atoms with Crippen molar-refractivity contribution in [2.75, 3.05) is 31.1 Å². The average molecular weight is 325 g/mol. The molecule has 1 amide bonds. The second kappa shape index (κ2) is 6.84. The standard InChI is InChI=1S/C18H19N3OS/c1-14-4-3-5-16(12-14)6-7-17(22)20-8-10-21(11-9-20)18-19-15(2)13-23-18/h3-5,12-13H,8-11H2,1-2H3. The Morgan fingerprint density at radius 3 is 2.65 bits per heavy atom. The van der Waals surface area contributed by atoms with Crippen LogP contribution in [0, 0.1) is 25.7 Å². The summed E-state index contributed by atoms with van der Waals surface area (Å²) in [6.45, 7) is 7.03. The number of anilines is 1. The van der Waals surface area contributed by atoms with Gasteiger partial charge in [-0.05, 0) is 31.5 Å². The summed E-state index contributed by atoms with van der Waals surface area (Å²) in [5, 5.41) is 3.10. The van der Waals surface area contributed by atoms with Gasteiger partial charge in [0.1, 0.15) is 0 Å². The molecule has 118 valence electrons. The van der Waals surface area contributed by atoms with Gasteiger partial charge in [0.15, 0.2) is 5.13 Å². The molecule has 1 aliphatic heterocycles. The summed E-state index contributed by atoms with van der Waals surface area (Å²) >= 11 is 1.66. The second-order valence-corrected chi connectivity index (χ2v) is 6.51. The minimum atomic E-state index is -0.0959. The Bertz CT molecular complexity index is 764. The van der Waals surface area contributed by atoms with Crippen LogP contribution in [0.3, 0.4) is 0 Å². The van der Waals surface area contributed by atoms with Crippen LogP contribution in [0.1, 0.15) is 16.8 Å². The smallest absolute Gasteiger partial charge is 0.298 e. The Morgan fingerprint density at radius 1 is 1.22 bits per heavy atom. The maximum atomic E-state index is 12.2. The Morgan fingerprint density at radius 2 is 2.00 bits per heavy atom. The van der Waals surface area contributed by atoms with Crippen molar-refractivity contribution in [3.05, 3.63) is 46.5 Å². The zero-order valence-corrected chi connectivity index (χ0v) is 14.2. The first-order chi connectivity index (χ1) is 11.1. The van der Waals surface area contributed by atoms with E-state index in [4.69, 9.17) is 0 Å². The van der Waals surface area contributed by atoms with Crippen molar-refractivity contribution in [1.82, 2.24) is 9.88 Å². The predicted molar refractivity (Wildman–Crippen MR) is 93.7 cm³/mol. The maximum absolute atomic E-state index is 12.2. The van der Waals surface area contributed by atoms with Gasteiger partial charge in [0, 0.05) is 43.0 Å². The highest BCUT2D eigenvalue weighted by atomic mass is 32.1. The number of carbonyl (C=O) groups is 1. The number of carbonyl (C=O) groups excluding carboxylic acids is 1. The molecule has 23 heavy (non-hydrogen) atoms. The lowest BCUT2D eigenvalue weighted by molar-refractivity contribution is -0.125. The maximum Gasteiger partial charge on any atom is 0.298 e. The van der Waals surface area contributed by atoms with Crippen molar-refractivity contribution in [2.24, 2.45) is 0 Å². The number of hydrogen-bond acceptors (Lipinski definition) is 4. The highest BCUT2D eigenvalue weighted by Gasteiger charge is 2.21. The molecule has 0 N–H and O–H groups in total. The normalized spacial score (nSPS) is 14.3. The third-order valence-electron chi connectivity index (χ3n) is 3.78. The number of benzene rings is 1. The molecule has 5 heteroatoms. The molecule has 0 aliphatic carbocycles. The van der Waals surface area contributed by atoms with Gasteiger partial charge in [-0.15, -0.1) is 11.3 Å². The average Bonchev–Trinajstić information content (AvgIpc) is 2.99. The Hall–Kier alpha value is -2.32. The lowest BCUT2D eigenvalue weighted by Crippen LogP contribution is -2.48. The van der Waals surface area contributed by atoms with Crippen molar-refractivity contribution in [3.8, 4) is 11.8 Å². The fourth-order valence-corrected chi connectivity index (χ4v) is 3.37. The molecule has 1 aliphatic rings. The van der Waals surface area contributed by atoms with E-state index in [0.717, 1.165) is 35.0 Å². The van der Waals surface area contributed by atoms with Crippen LogP contribution >= 0.6 is 11.3 Å². The first-order valence-corrected chi connectivity index (χ1v) is 8.54. The summed E-state index contributed by atoms with van der Waals surface area (Å²) in [4.78, 5) is 20.8. The second-order valence-electron chi connectivity index (χ2n) is 5.67. The molecule has 3 rings (SSSR count). The van der Waals surface area contributed by atoms with Gasteiger partial charge in [-0.3, -0.25) is 4.79 Å². The van der Waals surface area contributed by atoms with E-state index >= 15 is 0 Å². The van der Waals surface area contributed by atoms with Gasteiger partial charge in [-0.25, -0.2) is 4.98 Å². The molecule has 0 radical (unpaired) electrons. The molecule has 1 fully saturated rings. The van der Waals surface area contributed by atoms with Crippen molar-refractivity contribution < 1.29 is 4.79 Å². The summed E-state index contributed by atoms with van der Waals surface area (Å²) in [7, 11) is 0. The van der Waals surface area contributed by atoms with Gasteiger partial charge < -0.3 is 9.80 Å². The summed E-state index contributed by atoms with van der Waals surface area (Å²) in [5.74, 6) is 5.63. The number of piperazine rings is 1. The number of aryl methyl sites for hydroxylation is 2. The predicted octanol–water partition coefficient (Wildman–Crippen LogP) is 2.46. The highest BCUT2D eigenvalue weighted by molar-refractivity contribution is 7.13. The monoisotopic (exact) mass is 325 g/mol. The first-order valence-electron chi connectivity index (χ1n) is 7.66. The fourth-order valence-electron chi connectivity index (χ4n) is 2.52. The van der Waals surface area contributed by atoms with Crippen molar-refractivity contribution in [2.45, 2.75) is 13.8 Å². The number of amides is 1. The molecular weight excluding hydrogens is 306 g/mol. The fraction of sp³-hybridized carbons (Fsp3) is 0.333. The lowest BCUT2D eigenvalue weighted by atomic mass is 10.1. The van der Waals surface area contributed by atoms with Crippen LogP contribution in [0.2, 0.25) is 0 Å².